The SMILES string of the molecule is CCC(CC)N(CCO)c1nn(C)cc1[N+](=O)[O-]. The van der Waals surface area contributed by atoms with Gasteiger partial charge in [-0.05, 0) is 12.8 Å². The first-order chi connectivity index (χ1) is 8.54. The first kappa shape index (κ1) is 14.4. The van der Waals surface area contributed by atoms with Crippen molar-refractivity contribution in [3.05, 3.63) is 16.3 Å². The minimum Gasteiger partial charge on any atom is -0.395 e. The highest BCUT2D eigenvalue weighted by atomic mass is 16.6. The summed E-state index contributed by atoms with van der Waals surface area (Å²) in [7, 11) is 1.65. The molecule has 0 spiro atoms. The molecule has 0 aromatic carbocycles. The van der Waals surface area contributed by atoms with Crippen molar-refractivity contribution in [3.8, 4) is 0 Å². The normalized spacial score (nSPS) is 10.9. The number of aliphatic hydroxyl groups excluding tert-OH is 1. The molecule has 0 fully saturated rings. The highest BCUT2D eigenvalue weighted by Crippen LogP contribution is 2.28. The number of hydrogen-bond acceptors (Lipinski definition) is 5. The largest absolute Gasteiger partial charge is 0.395 e. The fraction of sp³-hybridized carbons (Fsp3) is 0.727. The fourth-order valence-corrected chi connectivity index (χ4v) is 2.10. The monoisotopic (exact) mass is 256 g/mol. The molecule has 0 aliphatic carbocycles. The van der Waals surface area contributed by atoms with Gasteiger partial charge in [0.05, 0.1) is 11.5 Å². The van der Waals surface area contributed by atoms with E-state index in [-0.39, 0.29) is 18.3 Å². The Hall–Kier alpha value is -1.63. The number of hydrogen-bond donors (Lipinski definition) is 1. The van der Waals surface area contributed by atoms with E-state index < -0.39 is 4.92 Å². The lowest BCUT2D eigenvalue weighted by atomic mass is 10.1. The second-order valence-corrected chi connectivity index (χ2v) is 4.16. The average molecular weight is 256 g/mol. The molecule has 1 heterocycles. The van der Waals surface area contributed by atoms with E-state index >= 15 is 0 Å². The second kappa shape index (κ2) is 6.34. The van der Waals surface area contributed by atoms with Crippen molar-refractivity contribution in [1.82, 2.24) is 9.78 Å². The minimum atomic E-state index is -0.435. The van der Waals surface area contributed by atoms with Crippen LogP contribution in [-0.2, 0) is 7.05 Å². The highest BCUT2D eigenvalue weighted by Gasteiger charge is 2.27. The molecule has 0 atom stereocenters. The first-order valence-electron chi connectivity index (χ1n) is 6.10. The summed E-state index contributed by atoms with van der Waals surface area (Å²) in [6.07, 6.45) is 3.09. The Balaban J connectivity index is 3.15. The van der Waals surface area contributed by atoms with E-state index in [4.69, 9.17) is 5.11 Å². The number of nitrogens with zero attached hydrogens (tertiary/aromatic N) is 4. The van der Waals surface area contributed by atoms with Gasteiger partial charge in [0.15, 0.2) is 0 Å². The lowest BCUT2D eigenvalue weighted by Gasteiger charge is -2.29. The van der Waals surface area contributed by atoms with Crippen LogP contribution in [0.25, 0.3) is 0 Å². The van der Waals surface area contributed by atoms with Crippen molar-refractivity contribution in [1.29, 1.82) is 0 Å². The van der Waals surface area contributed by atoms with Gasteiger partial charge in [0.2, 0.25) is 5.82 Å². The Morgan fingerprint density at radius 3 is 2.61 bits per heavy atom. The van der Waals surface area contributed by atoms with Gasteiger partial charge in [-0.15, -0.1) is 5.10 Å². The molecule has 7 nitrogen and oxygen atoms in total. The molecule has 0 aliphatic rings. The summed E-state index contributed by atoms with van der Waals surface area (Å²) in [5.74, 6) is 0.338. The van der Waals surface area contributed by atoms with Crippen molar-refractivity contribution in [2.75, 3.05) is 18.1 Å². The molecule has 0 saturated heterocycles. The molecule has 1 N–H and O–H groups in total. The third kappa shape index (κ3) is 2.98. The van der Waals surface area contributed by atoms with Crippen molar-refractivity contribution in [3.63, 3.8) is 0 Å². The predicted octanol–water partition coefficient (Wildman–Crippen LogP) is 1.32. The second-order valence-electron chi connectivity index (χ2n) is 4.16. The van der Waals surface area contributed by atoms with Gasteiger partial charge in [-0.3, -0.25) is 14.8 Å². The van der Waals surface area contributed by atoms with Crippen LogP contribution < -0.4 is 4.90 Å². The van der Waals surface area contributed by atoms with Crippen LogP contribution in [0.4, 0.5) is 11.5 Å². The maximum atomic E-state index is 11.0. The van der Waals surface area contributed by atoms with Crippen LogP contribution in [0.5, 0.6) is 0 Å². The summed E-state index contributed by atoms with van der Waals surface area (Å²) in [6.45, 7) is 4.34. The van der Waals surface area contributed by atoms with Crippen molar-refractivity contribution >= 4 is 11.5 Å². The zero-order valence-corrected chi connectivity index (χ0v) is 11.0. The number of nitro groups is 1. The smallest absolute Gasteiger partial charge is 0.330 e. The zero-order chi connectivity index (χ0) is 13.7. The molecule has 0 unspecified atom stereocenters. The van der Waals surface area contributed by atoms with E-state index in [2.05, 4.69) is 5.10 Å². The number of anilines is 1. The van der Waals surface area contributed by atoms with E-state index in [1.807, 2.05) is 18.7 Å². The van der Waals surface area contributed by atoms with Gasteiger partial charge in [0, 0.05) is 19.6 Å². The van der Waals surface area contributed by atoms with Crippen LogP contribution in [0.15, 0.2) is 6.20 Å². The number of rotatable bonds is 7. The molecule has 0 aliphatic heterocycles. The summed E-state index contributed by atoms with van der Waals surface area (Å²) >= 11 is 0. The topological polar surface area (TPSA) is 84.4 Å². The van der Waals surface area contributed by atoms with Crippen molar-refractivity contribution in [2.24, 2.45) is 7.05 Å². The molecule has 0 saturated carbocycles. The van der Waals surface area contributed by atoms with E-state index in [0.29, 0.717) is 12.4 Å². The fourth-order valence-electron chi connectivity index (χ4n) is 2.10. The number of aromatic nitrogens is 2. The maximum Gasteiger partial charge on any atom is 0.330 e. The Morgan fingerprint density at radius 2 is 2.17 bits per heavy atom. The zero-order valence-electron chi connectivity index (χ0n) is 11.0. The lowest BCUT2D eigenvalue weighted by Crippen LogP contribution is -2.37. The summed E-state index contributed by atoms with van der Waals surface area (Å²) in [5, 5.41) is 24.3. The molecule has 1 aromatic heterocycles. The molecular weight excluding hydrogens is 236 g/mol. The van der Waals surface area contributed by atoms with E-state index in [1.165, 1.54) is 10.9 Å². The Kier molecular flexibility index (Phi) is 5.08. The minimum absolute atomic E-state index is 0.0159. The molecular formula is C11H20N4O3. The molecule has 1 rings (SSSR count). The van der Waals surface area contributed by atoms with Crippen LogP contribution in [0.2, 0.25) is 0 Å². The van der Waals surface area contributed by atoms with Gasteiger partial charge in [-0.25, -0.2) is 0 Å². The molecule has 18 heavy (non-hydrogen) atoms. The van der Waals surface area contributed by atoms with Gasteiger partial charge in [0.25, 0.3) is 0 Å². The third-order valence-electron chi connectivity index (χ3n) is 2.98. The average Bonchev–Trinajstić information content (AvgIpc) is 2.71. The van der Waals surface area contributed by atoms with Gasteiger partial charge in [0.1, 0.15) is 6.20 Å². The van der Waals surface area contributed by atoms with Crippen LogP contribution in [0.1, 0.15) is 26.7 Å². The Bertz CT molecular complexity index is 401. The number of aliphatic hydroxyl groups is 1. The summed E-state index contributed by atoms with van der Waals surface area (Å²) in [6, 6.07) is 0.144. The third-order valence-corrected chi connectivity index (χ3v) is 2.98. The highest BCUT2D eigenvalue weighted by molar-refractivity contribution is 5.57. The Labute approximate surface area is 106 Å². The first-order valence-corrected chi connectivity index (χ1v) is 6.10. The standard InChI is InChI=1S/C11H20N4O3/c1-4-9(5-2)14(6-7-16)11-10(15(17)18)8-13(3)12-11/h8-9,16H,4-7H2,1-3H3. The summed E-state index contributed by atoms with van der Waals surface area (Å²) in [4.78, 5) is 12.4. The molecule has 1 aromatic rings. The van der Waals surface area contributed by atoms with Gasteiger partial charge in [-0.2, -0.15) is 0 Å². The molecule has 0 amide bonds. The summed E-state index contributed by atoms with van der Waals surface area (Å²) in [5.41, 5.74) is -0.0159. The molecule has 102 valence electrons. The summed E-state index contributed by atoms with van der Waals surface area (Å²) < 4.78 is 1.43. The Morgan fingerprint density at radius 1 is 1.56 bits per heavy atom. The van der Waals surface area contributed by atoms with Crippen molar-refractivity contribution < 1.29 is 10.0 Å². The van der Waals surface area contributed by atoms with E-state index in [0.717, 1.165) is 12.8 Å². The van der Waals surface area contributed by atoms with Crippen LogP contribution >= 0.6 is 0 Å². The van der Waals surface area contributed by atoms with Crippen LogP contribution in [0, 0.1) is 10.1 Å². The predicted molar refractivity (Wildman–Crippen MR) is 68.7 cm³/mol. The van der Waals surface area contributed by atoms with Gasteiger partial charge < -0.3 is 10.0 Å². The quantitative estimate of drug-likeness (QED) is 0.587. The molecule has 0 radical (unpaired) electrons. The van der Waals surface area contributed by atoms with E-state index in [1.54, 1.807) is 7.05 Å². The van der Waals surface area contributed by atoms with Gasteiger partial charge in [-0.1, -0.05) is 13.8 Å². The van der Waals surface area contributed by atoms with Crippen molar-refractivity contribution in [2.45, 2.75) is 32.7 Å². The number of aryl methyl sites for hydroxylation is 1. The van der Waals surface area contributed by atoms with Gasteiger partial charge >= 0.3 is 5.69 Å². The maximum absolute atomic E-state index is 11.0. The van der Waals surface area contributed by atoms with Crippen LogP contribution in [0.3, 0.4) is 0 Å². The molecule has 0 bridgehead atoms. The van der Waals surface area contributed by atoms with Crippen LogP contribution in [-0.4, -0.2) is 39.0 Å². The van der Waals surface area contributed by atoms with E-state index in [9.17, 15) is 10.1 Å². The lowest BCUT2D eigenvalue weighted by molar-refractivity contribution is -0.384. The molecule has 7 heteroatoms.